The zero-order valence-corrected chi connectivity index (χ0v) is 6.09. The first-order valence-corrected chi connectivity index (χ1v) is 2.93. The molecular formula is C5H11B2O2. The Balaban J connectivity index is 3.28. The van der Waals surface area contributed by atoms with Crippen molar-refractivity contribution < 1.29 is 9.76 Å². The minimum Gasteiger partial charge on any atom is -0.436 e. The predicted octanol–water partition coefficient (Wildman–Crippen LogP) is -0.135. The fraction of sp³-hybridized carbons (Fsp3) is 1.00. The summed E-state index contributed by atoms with van der Waals surface area (Å²) in [5, 5.41) is 7.55. The van der Waals surface area contributed by atoms with Gasteiger partial charge in [-0.05, 0) is 20.8 Å². The van der Waals surface area contributed by atoms with Crippen LogP contribution in [0.15, 0.2) is 0 Å². The quantitative estimate of drug-likeness (QED) is 0.532. The Morgan fingerprint density at radius 1 is 1.67 bits per heavy atom. The lowest BCUT2D eigenvalue weighted by Crippen LogP contribution is -2.35. The molecule has 0 aromatic carbocycles. The van der Waals surface area contributed by atoms with E-state index in [1.807, 2.05) is 13.8 Å². The van der Waals surface area contributed by atoms with Crippen LogP contribution in [0.25, 0.3) is 0 Å². The van der Waals surface area contributed by atoms with Crippen molar-refractivity contribution in [1.82, 2.24) is 0 Å². The second kappa shape index (κ2) is 3.28. The van der Waals surface area contributed by atoms with Crippen molar-refractivity contribution in [1.29, 1.82) is 0 Å². The largest absolute Gasteiger partial charge is 0.436 e. The summed E-state index contributed by atoms with van der Waals surface area (Å²) in [7, 11) is 6.38. The molecule has 2 nitrogen and oxygen atoms in total. The molecule has 0 heterocycles. The Kier molecular flexibility index (Phi) is 3.29. The van der Waals surface area contributed by atoms with Crippen molar-refractivity contribution in [3.8, 4) is 0 Å². The second-order valence-corrected chi connectivity index (χ2v) is 2.53. The van der Waals surface area contributed by atoms with E-state index >= 15 is 0 Å². The Labute approximate surface area is 58.3 Å². The summed E-state index contributed by atoms with van der Waals surface area (Å²) in [5.74, 6) is 0. The van der Waals surface area contributed by atoms with Crippen LogP contribution < -0.4 is 0 Å². The summed E-state index contributed by atoms with van der Waals surface area (Å²) >= 11 is 0. The molecule has 1 atom stereocenters. The SMILES string of the molecule is [B]C(C)(O)[B]OC(C)C. The molecule has 0 amide bonds. The minimum atomic E-state index is -1.32. The van der Waals surface area contributed by atoms with Crippen LogP contribution in [0.5, 0.6) is 0 Å². The van der Waals surface area contributed by atoms with Crippen LogP contribution in [0.2, 0.25) is 0 Å². The average Bonchev–Trinajstić information content (AvgIpc) is 1.59. The molecule has 0 spiro atoms. The molecule has 0 fully saturated rings. The molecule has 4 heteroatoms. The van der Waals surface area contributed by atoms with E-state index in [-0.39, 0.29) is 6.10 Å². The summed E-state index contributed by atoms with van der Waals surface area (Å²) in [6, 6.07) is 0. The van der Waals surface area contributed by atoms with Crippen LogP contribution >= 0.6 is 0 Å². The van der Waals surface area contributed by atoms with Gasteiger partial charge in [0, 0.05) is 11.5 Å². The van der Waals surface area contributed by atoms with E-state index in [2.05, 4.69) is 0 Å². The van der Waals surface area contributed by atoms with E-state index in [0.717, 1.165) is 0 Å². The standard InChI is InChI=1S/C5H11B2O2/c1-4(2)9-7-5(3,6)8/h4,8H,1-3H3. The minimum absolute atomic E-state index is 0.0695. The van der Waals surface area contributed by atoms with Crippen LogP contribution in [0, 0.1) is 0 Å². The first kappa shape index (κ1) is 9.05. The number of hydrogen-bond acceptors (Lipinski definition) is 2. The van der Waals surface area contributed by atoms with Crippen LogP contribution in [-0.2, 0) is 4.65 Å². The van der Waals surface area contributed by atoms with Crippen LogP contribution in [0.1, 0.15) is 20.8 Å². The summed E-state index contributed by atoms with van der Waals surface area (Å²) in [6.45, 7) is 5.18. The Morgan fingerprint density at radius 3 is 2.22 bits per heavy atom. The first-order chi connectivity index (χ1) is 3.92. The molecule has 1 unspecified atom stereocenters. The van der Waals surface area contributed by atoms with E-state index in [0.29, 0.717) is 0 Å². The maximum atomic E-state index is 8.86. The van der Waals surface area contributed by atoms with Gasteiger partial charge in [-0.3, -0.25) is 0 Å². The summed E-state index contributed by atoms with van der Waals surface area (Å²) in [4.78, 5) is 0. The van der Waals surface area contributed by atoms with Crippen molar-refractivity contribution in [2.24, 2.45) is 0 Å². The highest BCUT2D eigenvalue weighted by molar-refractivity contribution is 6.47. The Bertz CT molecular complexity index is 77.5. The van der Waals surface area contributed by atoms with E-state index < -0.39 is 5.40 Å². The molecule has 0 aromatic rings. The molecule has 0 saturated carbocycles. The zero-order valence-electron chi connectivity index (χ0n) is 6.09. The lowest BCUT2D eigenvalue weighted by atomic mass is 9.62. The molecular weight excluding hydrogens is 114 g/mol. The Hall–Kier alpha value is 0.0499. The van der Waals surface area contributed by atoms with Gasteiger partial charge < -0.3 is 9.76 Å². The topological polar surface area (TPSA) is 29.5 Å². The molecule has 49 valence electrons. The highest BCUT2D eigenvalue weighted by Gasteiger charge is 2.15. The predicted molar refractivity (Wildman–Crippen MR) is 38.4 cm³/mol. The fourth-order valence-electron chi connectivity index (χ4n) is 0.274. The number of rotatable bonds is 3. The van der Waals surface area contributed by atoms with E-state index in [9.17, 15) is 0 Å². The molecule has 0 rings (SSSR count). The molecule has 1 N–H and O–H groups in total. The fourth-order valence-corrected chi connectivity index (χ4v) is 0.274. The van der Waals surface area contributed by atoms with Crippen molar-refractivity contribution in [2.75, 3.05) is 0 Å². The van der Waals surface area contributed by atoms with Crippen molar-refractivity contribution >= 4 is 15.3 Å². The van der Waals surface area contributed by atoms with Crippen molar-refractivity contribution in [2.45, 2.75) is 32.3 Å². The molecule has 0 aliphatic heterocycles. The average molecular weight is 125 g/mol. The molecule has 0 aliphatic rings. The second-order valence-electron chi connectivity index (χ2n) is 2.53. The van der Waals surface area contributed by atoms with Crippen molar-refractivity contribution in [3.05, 3.63) is 0 Å². The van der Waals surface area contributed by atoms with E-state index in [4.69, 9.17) is 17.6 Å². The molecule has 0 bridgehead atoms. The van der Waals surface area contributed by atoms with E-state index in [1.165, 1.54) is 14.4 Å². The third kappa shape index (κ3) is 8.05. The molecule has 0 aliphatic carbocycles. The number of hydrogen-bond donors (Lipinski definition) is 1. The maximum Gasteiger partial charge on any atom is 0.316 e. The third-order valence-corrected chi connectivity index (χ3v) is 0.579. The molecule has 3 radical (unpaired) electrons. The first-order valence-electron chi connectivity index (χ1n) is 2.93. The highest BCUT2D eigenvalue weighted by Crippen LogP contribution is 1.95. The van der Waals surface area contributed by atoms with Gasteiger partial charge in [-0.2, -0.15) is 0 Å². The van der Waals surface area contributed by atoms with Crippen LogP contribution in [0.4, 0.5) is 0 Å². The third-order valence-electron chi connectivity index (χ3n) is 0.579. The monoisotopic (exact) mass is 125 g/mol. The van der Waals surface area contributed by atoms with Gasteiger partial charge in [0.05, 0.1) is 0 Å². The Morgan fingerprint density at radius 2 is 2.11 bits per heavy atom. The van der Waals surface area contributed by atoms with Gasteiger partial charge in [0.15, 0.2) is 0 Å². The lowest BCUT2D eigenvalue weighted by molar-refractivity contribution is 0.175. The normalized spacial score (nSPS) is 17.4. The maximum absolute atomic E-state index is 8.86. The van der Waals surface area contributed by atoms with Gasteiger partial charge in [0.2, 0.25) is 0 Å². The van der Waals surface area contributed by atoms with Crippen LogP contribution in [-0.4, -0.2) is 31.9 Å². The van der Waals surface area contributed by atoms with Crippen molar-refractivity contribution in [3.63, 3.8) is 0 Å². The zero-order chi connectivity index (χ0) is 7.49. The number of aliphatic hydroxyl groups is 1. The summed E-state index contributed by atoms with van der Waals surface area (Å²) in [6.07, 6.45) is 0.0695. The lowest BCUT2D eigenvalue weighted by Gasteiger charge is -2.16. The highest BCUT2D eigenvalue weighted by atomic mass is 16.4. The molecule has 9 heavy (non-hydrogen) atoms. The molecule has 0 aromatic heterocycles. The van der Waals surface area contributed by atoms with Crippen LogP contribution in [0.3, 0.4) is 0 Å². The molecule has 0 saturated heterocycles. The van der Waals surface area contributed by atoms with Gasteiger partial charge >= 0.3 is 7.48 Å². The van der Waals surface area contributed by atoms with E-state index in [1.54, 1.807) is 0 Å². The smallest absolute Gasteiger partial charge is 0.316 e. The van der Waals surface area contributed by atoms with Gasteiger partial charge in [-0.15, -0.1) is 0 Å². The summed E-state index contributed by atoms with van der Waals surface area (Å²) in [5.41, 5.74) is 0. The van der Waals surface area contributed by atoms with Gasteiger partial charge in [-0.25, -0.2) is 0 Å². The van der Waals surface area contributed by atoms with Gasteiger partial charge in [0.1, 0.15) is 7.85 Å². The summed E-state index contributed by atoms with van der Waals surface area (Å²) < 4.78 is 4.91. The van der Waals surface area contributed by atoms with Gasteiger partial charge in [-0.1, -0.05) is 0 Å². The van der Waals surface area contributed by atoms with Gasteiger partial charge in [0.25, 0.3) is 0 Å².